The van der Waals surface area contributed by atoms with Gasteiger partial charge in [0.1, 0.15) is 17.2 Å². The SMILES string of the molecule is CCOc1ccc(N=C2S[C@@H](Cc3ccc(OC)cc3OC)C(=O)N2CC)cc1. The molecule has 1 amide bonds. The summed E-state index contributed by atoms with van der Waals surface area (Å²) in [5.41, 5.74) is 1.77. The summed E-state index contributed by atoms with van der Waals surface area (Å²) in [5, 5.41) is 0.484. The maximum atomic E-state index is 12.9. The standard InChI is InChI=1S/C22H26N2O4S/c1-5-24-21(25)20(13-15-7-10-18(26-3)14-19(15)27-4)29-22(24)23-16-8-11-17(12-9-16)28-6-2/h7-12,14,20H,5-6,13H2,1-4H3/t20-/m0/s1. The van der Waals surface area contributed by atoms with Gasteiger partial charge in [-0.05, 0) is 56.2 Å². The lowest BCUT2D eigenvalue weighted by Gasteiger charge is -2.14. The lowest BCUT2D eigenvalue weighted by atomic mass is 10.1. The van der Waals surface area contributed by atoms with Gasteiger partial charge in [-0.25, -0.2) is 4.99 Å². The molecule has 0 bridgehead atoms. The van der Waals surface area contributed by atoms with Gasteiger partial charge in [0.05, 0.1) is 31.8 Å². The Morgan fingerprint density at radius 2 is 1.76 bits per heavy atom. The van der Waals surface area contributed by atoms with Crippen molar-refractivity contribution in [1.29, 1.82) is 0 Å². The molecule has 3 rings (SSSR count). The Balaban J connectivity index is 1.80. The van der Waals surface area contributed by atoms with E-state index in [-0.39, 0.29) is 11.2 Å². The van der Waals surface area contributed by atoms with Gasteiger partial charge in [0, 0.05) is 12.6 Å². The highest BCUT2D eigenvalue weighted by Crippen LogP contribution is 2.34. The highest BCUT2D eigenvalue weighted by molar-refractivity contribution is 8.15. The van der Waals surface area contributed by atoms with Crippen LogP contribution in [0.2, 0.25) is 0 Å². The molecule has 29 heavy (non-hydrogen) atoms. The Kier molecular flexibility index (Phi) is 7.04. The van der Waals surface area contributed by atoms with E-state index < -0.39 is 0 Å². The molecule has 0 radical (unpaired) electrons. The van der Waals surface area contributed by atoms with Crippen LogP contribution in [0.25, 0.3) is 0 Å². The third-order valence-electron chi connectivity index (χ3n) is 4.61. The Hall–Kier alpha value is -2.67. The number of methoxy groups -OCH3 is 2. The summed E-state index contributed by atoms with van der Waals surface area (Å²) in [7, 11) is 3.24. The van der Waals surface area contributed by atoms with Gasteiger partial charge in [0.15, 0.2) is 5.17 Å². The minimum atomic E-state index is -0.237. The molecule has 1 aliphatic heterocycles. The van der Waals surface area contributed by atoms with Gasteiger partial charge in [-0.2, -0.15) is 0 Å². The summed E-state index contributed by atoms with van der Waals surface area (Å²) in [6.07, 6.45) is 0.565. The van der Waals surface area contributed by atoms with Gasteiger partial charge in [-0.1, -0.05) is 17.8 Å². The van der Waals surface area contributed by atoms with Crippen LogP contribution in [-0.2, 0) is 11.2 Å². The molecule has 7 heteroatoms. The first-order chi connectivity index (χ1) is 14.1. The quantitative estimate of drug-likeness (QED) is 0.645. The maximum Gasteiger partial charge on any atom is 0.242 e. The normalized spacial score (nSPS) is 17.7. The van der Waals surface area contributed by atoms with Crippen LogP contribution in [0, 0.1) is 0 Å². The molecule has 1 atom stereocenters. The smallest absolute Gasteiger partial charge is 0.242 e. The van der Waals surface area contributed by atoms with Crippen molar-refractivity contribution in [1.82, 2.24) is 4.90 Å². The average molecular weight is 415 g/mol. The monoisotopic (exact) mass is 414 g/mol. The molecule has 2 aromatic rings. The number of hydrogen-bond acceptors (Lipinski definition) is 6. The molecule has 1 fully saturated rings. The Labute approximate surface area is 175 Å². The van der Waals surface area contributed by atoms with E-state index in [1.54, 1.807) is 19.1 Å². The second-order valence-electron chi connectivity index (χ2n) is 6.39. The number of carbonyl (C=O) groups excluding carboxylic acids is 1. The Morgan fingerprint density at radius 3 is 2.38 bits per heavy atom. The molecule has 0 aromatic heterocycles. The summed E-state index contributed by atoms with van der Waals surface area (Å²) in [5.74, 6) is 2.32. The molecular weight excluding hydrogens is 388 g/mol. The summed E-state index contributed by atoms with van der Waals surface area (Å²) in [4.78, 5) is 19.4. The van der Waals surface area contributed by atoms with Crippen molar-refractivity contribution in [2.45, 2.75) is 25.5 Å². The molecule has 1 heterocycles. The second kappa shape index (κ2) is 9.69. The molecule has 154 valence electrons. The van der Waals surface area contributed by atoms with Crippen LogP contribution in [0.3, 0.4) is 0 Å². The summed E-state index contributed by atoms with van der Waals surface area (Å²) < 4.78 is 16.2. The number of thioether (sulfide) groups is 1. The molecule has 0 aliphatic carbocycles. The van der Waals surface area contributed by atoms with E-state index in [1.165, 1.54) is 11.8 Å². The Bertz CT molecular complexity index is 883. The number of rotatable bonds is 8. The lowest BCUT2D eigenvalue weighted by Crippen LogP contribution is -2.32. The number of benzene rings is 2. The first kappa shape index (κ1) is 21.0. The van der Waals surface area contributed by atoms with E-state index in [0.29, 0.717) is 19.6 Å². The first-order valence-electron chi connectivity index (χ1n) is 9.60. The van der Waals surface area contributed by atoms with E-state index in [1.807, 2.05) is 56.3 Å². The third-order valence-corrected chi connectivity index (χ3v) is 5.78. The van der Waals surface area contributed by atoms with Crippen molar-refractivity contribution in [2.24, 2.45) is 4.99 Å². The molecule has 6 nitrogen and oxygen atoms in total. The number of aliphatic imine (C=N–C) groups is 1. The fourth-order valence-corrected chi connectivity index (χ4v) is 4.38. The minimum Gasteiger partial charge on any atom is -0.497 e. The fraction of sp³-hybridized carbons (Fsp3) is 0.364. The van der Waals surface area contributed by atoms with Crippen LogP contribution in [0.5, 0.6) is 17.2 Å². The summed E-state index contributed by atoms with van der Waals surface area (Å²) in [6, 6.07) is 13.2. The van der Waals surface area contributed by atoms with E-state index in [4.69, 9.17) is 19.2 Å². The van der Waals surface area contributed by atoms with Gasteiger partial charge in [-0.15, -0.1) is 0 Å². The van der Waals surface area contributed by atoms with Crippen LogP contribution >= 0.6 is 11.8 Å². The van der Waals surface area contributed by atoms with Crippen molar-refractivity contribution in [3.05, 3.63) is 48.0 Å². The predicted molar refractivity (Wildman–Crippen MR) is 117 cm³/mol. The van der Waals surface area contributed by atoms with Crippen LogP contribution in [0.4, 0.5) is 5.69 Å². The van der Waals surface area contributed by atoms with Crippen LogP contribution in [-0.4, -0.2) is 48.6 Å². The molecule has 0 saturated carbocycles. The van der Waals surface area contributed by atoms with Gasteiger partial charge in [-0.3, -0.25) is 9.69 Å². The number of carbonyl (C=O) groups is 1. The number of amidine groups is 1. The maximum absolute atomic E-state index is 12.9. The number of ether oxygens (including phenoxy) is 3. The van der Waals surface area contributed by atoms with E-state index in [0.717, 1.165) is 33.7 Å². The lowest BCUT2D eigenvalue weighted by molar-refractivity contribution is -0.126. The van der Waals surface area contributed by atoms with Crippen molar-refractivity contribution >= 4 is 28.5 Å². The van der Waals surface area contributed by atoms with Gasteiger partial charge in [0.2, 0.25) is 5.91 Å². The highest BCUT2D eigenvalue weighted by atomic mass is 32.2. The van der Waals surface area contributed by atoms with Crippen LogP contribution in [0.15, 0.2) is 47.5 Å². The van der Waals surface area contributed by atoms with Crippen LogP contribution in [0.1, 0.15) is 19.4 Å². The third kappa shape index (κ3) is 4.85. The largest absolute Gasteiger partial charge is 0.497 e. The molecule has 0 N–H and O–H groups in total. The molecular formula is C22H26N2O4S. The van der Waals surface area contributed by atoms with Crippen LogP contribution < -0.4 is 14.2 Å². The average Bonchev–Trinajstić information content (AvgIpc) is 3.03. The number of nitrogens with zero attached hydrogens (tertiary/aromatic N) is 2. The summed E-state index contributed by atoms with van der Waals surface area (Å²) >= 11 is 1.49. The first-order valence-corrected chi connectivity index (χ1v) is 10.5. The van der Waals surface area contributed by atoms with E-state index in [9.17, 15) is 4.79 Å². The van der Waals surface area contributed by atoms with E-state index in [2.05, 4.69) is 0 Å². The van der Waals surface area contributed by atoms with Gasteiger partial charge >= 0.3 is 0 Å². The zero-order chi connectivity index (χ0) is 20.8. The topological polar surface area (TPSA) is 60.4 Å². The van der Waals surface area contributed by atoms with Crippen molar-refractivity contribution in [2.75, 3.05) is 27.4 Å². The second-order valence-corrected chi connectivity index (χ2v) is 7.56. The molecule has 0 unspecified atom stereocenters. The zero-order valence-electron chi connectivity index (χ0n) is 17.2. The van der Waals surface area contributed by atoms with Crippen molar-refractivity contribution in [3.8, 4) is 17.2 Å². The molecule has 1 aliphatic rings. The predicted octanol–water partition coefficient (Wildman–Crippen LogP) is 4.30. The van der Waals surface area contributed by atoms with Gasteiger partial charge in [0.25, 0.3) is 0 Å². The van der Waals surface area contributed by atoms with Crippen molar-refractivity contribution < 1.29 is 19.0 Å². The molecule has 0 spiro atoms. The van der Waals surface area contributed by atoms with E-state index >= 15 is 0 Å². The van der Waals surface area contributed by atoms with Gasteiger partial charge < -0.3 is 14.2 Å². The number of amides is 1. The zero-order valence-corrected chi connectivity index (χ0v) is 18.0. The highest BCUT2D eigenvalue weighted by Gasteiger charge is 2.37. The Morgan fingerprint density at radius 1 is 1.03 bits per heavy atom. The molecule has 1 saturated heterocycles. The minimum absolute atomic E-state index is 0.0695. The van der Waals surface area contributed by atoms with Crippen molar-refractivity contribution in [3.63, 3.8) is 0 Å². The molecule has 2 aromatic carbocycles. The fourth-order valence-electron chi connectivity index (χ4n) is 3.13. The number of hydrogen-bond donors (Lipinski definition) is 0. The summed E-state index contributed by atoms with van der Waals surface area (Å²) in [6.45, 7) is 5.12.